The van der Waals surface area contributed by atoms with E-state index in [1.54, 1.807) is 6.92 Å². The number of oxime groups is 1. The number of rotatable bonds is 8. The summed E-state index contributed by atoms with van der Waals surface area (Å²) in [6, 6.07) is 30.1. The van der Waals surface area contributed by atoms with E-state index in [1.165, 1.54) is 31.3 Å². The second kappa shape index (κ2) is 16.9. The molecule has 3 aromatic carbocycles. The molecule has 2 saturated carbocycles. The van der Waals surface area contributed by atoms with Gasteiger partial charge in [-0.3, -0.25) is 0 Å². The van der Waals surface area contributed by atoms with E-state index in [9.17, 15) is 4.79 Å². The van der Waals surface area contributed by atoms with Crippen LogP contribution in [0, 0.1) is 18.3 Å². The van der Waals surface area contributed by atoms with Crippen LogP contribution in [0.3, 0.4) is 0 Å². The molecule has 0 N–H and O–H groups in total. The number of hydrogen-bond acceptors (Lipinski definition) is 7. The number of hydrogen-bond donors (Lipinski definition) is 0. The average Bonchev–Trinajstić information content (AvgIpc) is 3.65. The highest BCUT2D eigenvalue weighted by Crippen LogP contribution is 2.46. The van der Waals surface area contributed by atoms with Crippen LogP contribution in [0.15, 0.2) is 101 Å². The van der Waals surface area contributed by atoms with Crippen molar-refractivity contribution >= 4 is 23.4 Å². The van der Waals surface area contributed by atoms with E-state index in [1.807, 2.05) is 90.6 Å². The third-order valence-corrected chi connectivity index (χ3v) is 8.90. The SMILES string of the molecule is C#CC.COC(=O)/C(=N/OCC1CCC2(C1)OCC(c1ccccc1)O2)c1ccc(SC2CCC2)cc1.c1ccccc1. The van der Waals surface area contributed by atoms with Crippen LogP contribution in [-0.4, -0.2) is 43.0 Å². The zero-order valence-corrected chi connectivity index (χ0v) is 25.8. The molecule has 1 heterocycles. The van der Waals surface area contributed by atoms with Crippen LogP contribution in [0.1, 0.15) is 62.7 Å². The van der Waals surface area contributed by atoms with Gasteiger partial charge in [-0.2, -0.15) is 0 Å². The zero-order chi connectivity index (χ0) is 30.3. The number of carbonyl (C=O) groups excluding carboxylic acids is 1. The molecule has 3 aromatic rings. The van der Waals surface area contributed by atoms with Crippen molar-refractivity contribution in [3.8, 4) is 12.3 Å². The first kappa shape index (κ1) is 32.3. The molecule has 0 amide bonds. The Morgan fingerprint density at radius 3 is 2.21 bits per heavy atom. The van der Waals surface area contributed by atoms with Crippen LogP contribution in [0.25, 0.3) is 0 Å². The lowest BCUT2D eigenvalue weighted by Gasteiger charge is -2.24. The summed E-state index contributed by atoms with van der Waals surface area (Å²) in [5.74, 6) is 1.45. The van der Waals surface area contributed by atoms with Crippen LogP contribution >= 0.6 is 11.8 Å². The Morgan fingerprint density at radius 1 is 1.00 bits per heavy atom. The second-order valence-electron chi connectivity index (χ2n) is 10.7. The maximum absolute atomic E-state index is 12.4. The minimum Gasteiger partial charge on any atom is -0.464 e. The summed E-state index contributed by atoms with van der Waals surface area (Å²) in [6.45, 7) is 2.62. The third-order valence-electron chi connectivity index (χ3n) is 7.55. The van der Waals surface area contributed by atoms with E-state index in [2.05, 4.69) is 29.6 Å². The topological polar surface area (TPSA) is 66.4 Å². The average molecular weight is 600 g/mol. The highest BCUT2D eigenvalue weighted by atomic mass is 32.2. The molecule has 43 heavy (non-hydrogen) atoms. The minimum absolute atomic E-state index is 0.0322. The van der Waals surface area contributed by atoms with Crippen molar-refractivity contribution in [2.45, 2.75) is 67.5 Å². The van der Waals surface area contributed by atoms with Gasteiger partial charge in [-0.05, 0) is 43.9 Å². The first-order valence-corrected chi connectivity index (χ1v) is 15.7. The summed E-state index contributed by atoms with van der Waals surface area (Å²) in [6.07, 6.45) is 11.0. The van der Waals surface area contributed by atoms with Gasteiger partial charge < -0.3 is 19.0 Å². The predicted octanol–water partition coefficient (Wildman–Crippen LogP) is 7.84. The molecule has 1 saturated heterocycles. The van der Waals surface area contributed by atoms with Crippen LogP contribution in [0.4, 0.5) is 0 Å². The number of thioether (sulfide) groups is 1. The summed E-state index contributed by atoms with van der Waals surface area (Å²) < 4.78 is 17.4. The fourth-order valence-corrected chi connectivity index (χ4v) is 6.35. The standard InChI is InChI=1S/C27H31NO5S.C6H6.C3H4/c1-30-26(29)25(21-10-12-23(13-11-21)34-22-8-5-9-22)28-32-17-19-14-15-27(16-19)31-18-24(33-27)20-6-3-2-4-7-20;1-2-4-6-5-3-1;1-3-2/h2-4,6-7,10-13,19,22,24H,5,8-9,14-18H2,1H3;1-6H;1H,2H3/b28-25+;;. The minimum atomic E-state index is -0.544. The molecule has 6 rings (SSSR count). The van der Waals surface area contributed by atoms with Gasteiger partial charge in [0.25, 0.3) is 0 Å². The zero-order valence-electron chi connectivity index (χ0n) is 25.0. The Bertz CT molecular complexity index is 1290. The molecule has 7 heteroatoms. The number of ether oxygens (including phenoxy) is 3. The van der Waals surface area contributed by atoms with Crippen molar-refractivity contribution in [3.63, 3.8) is 0 Å². The monoisotopic (exact) mass is 599 g/mol. The first-order chi connectivity index (χ1) is 21.1. The Balaban J connectivity index is 0.000000408. The van der Waals surface area contributed by atoms with Gasteiger partial charge in [-0.25, -0.2) is 4.79 Å². The molecule has 3 unspecified atom stereocenters. The van der Waals surface area contributed by atoms with Crippen LogP contribution in [-0.2, 0) is 23.8 Å². The largest absolute Gasteiger partial charge is 0.464 e. The summed E-state index contributed by atoms with van der Waals surface area (Å²) >= 11 is 1.90. The lowest BCUT2D eigenvalue weighted by atomic mass is 10.00. The van der Waals surface area contributed by atoms with Crippen molar-refractivity contribution in [1.82, 2.24) is 0 Å². The predicted molar refractivity (Wildman–Crippen MR) is 172 cm³/mol. The Hall–Kier alpha value is -3.57. The molecule has 0 radical (unpaired) electrons. The molecule has 6 nitrogen and oxygen atoms in total. The van der Waals surface area contributed by atoms with Gasteiger partial charge in [-0.15, -0.1) is 24.1 Å². The highest BCUT2D eigenvalue weighted by molar-refractivity contribution is 8.00. The number of methoxy groups -OCH3 is 1. The molecule has 3 aliphatic rings. The summed E-state index contributed by atoms with van der Waals surface area (Å²) in [5.41, 5.74) is 2.03. The molecular weight excluding hydrogens is 558 g/mol. The molecule has 3 atom stereocenters. The quantitative estimate of drug-likeness (QED) is 0.114. The van der Waals surface area contributed by atoms with Crippen molar-refractivity contribution in [3.05, 3.63) is 102 Å². The van der Waals surface area contributed by atoms with E-state index in [0.717, 1.165) is 24.8 Å². The van der Waals surface area contributed by atoms with Crippen molar-refractivity contribution in [1.29, 1.82) is 0 Å². The Morgan fingerprint density at radius 2 is 1.63 bits per heavy atom. The van der Waals surface area contributed by atoms with E-state index >= 15 is 0 Å². The maximum atomic E-state index is 12.4. The summed E-state index contributed by atoms with van der Waals surface area (Å²) in [7, 11) is 1.36. The van der Waals surface area contributed by atoms with Crippen LogP contribution in [0.5, 0.6) is 0 Å². The van der Waals surface area contributed by atoms with Crippen molar-refractivity contribution in [2.24, 2.45) is 11.1 Å². The molecule has 0 bridgehead atoms. The molecule has 2 aliphatic carbocycles. The molecule has 3 fully saturated rings. The van der Waals surface area contributed by atoms with Gasteiger partial charge in [0, 0.05) is 34.5 Å². The Kier molecular flexibility index (Phi) is 12.7. The van der Waals surface area contributed by atoms with Gasteiger partial charge in [0.2, 0.25) is 0 Å². The first-order valence-electron chi connectivity index (χ1n) is 14.8. The van der Waals surface area contributed by atoms with Gasteiger partial charge in [-0.1, -0.05) is 90.4 Å². The maximum Gasteiger partial charge on any atom is 0.360 e. The number of benzene rings is 3. The van der Waals surface area contributed by atoms with Gasteiger partial charge in [0.1, 0.15) is 12.7 Å². The number of esters is 1. The Labute approximate surface area is 260 Å². The molecule has 1 aliphatic heterocycles. The summed E-state index contributed by atoms with van der Waals surface area (Å²) in [4.78, 5) is 19.2. The smallest absolute Gasteiger partial charge is 0.360 e. The van der Waals surface area contributed by atoms with Crippen molar-refractivity contribution in [2.75, 3.05) is 20.3 Å². The van der Waals surface area contributed by atoms with Gasteiger partial charge in [0.15, 0.2) is 11.5 Å². The number of terminal acetylenes is 1. The van der Waals surface area contributed by atoms with Gasteiger partial charge >= 0.3 is 5.97 Å². The van der Waals surface area contributed by atoms with E-state index in [4.69, 9.17) is 19.0 Å². The molecule has 226 valence electrons. The second-order valence-corrected chi connectivity index (χ2v) is 12.1. The highest BCUT2D eigenvalue weighted by Gasteiger charge is 2.47. The van der Waals surface area contributed by atoms with Crippen molar-refractivity contribution < 1.29 is 23.8 Å². The lowest BCUT2D eigenvalue weighted by Crippen LogP contribution is -2.26. The van der Waals surface area contributed by atoms with E-state index in [0.29, 0.717) is 24.0 Å². The third kappa shape index (κ3) is 9.72. The van der Waals surface area contributed by atoms with Crippen LogP contribution in [0.2, 0.25) is 0 Å². The molecular formula is C36H41NO5S. The fourth-order valence-electron chi connectivity index (χ4n) is 5.10. The molecule has 1 spiro atoms. The van der Waals surface area contributed by atoms with Gasteiger partial charge in [0.05, 0.1) is 13.7 Å². The van der Waals surface area contributed by atoms with Crippen LogP contribution < -0.4 is 0 Å². The lowest BCUT2D eigenvalue weighted by molar-refractivity contribution is -0.165. The number of carbonyl (C=O) groups is 1. The normalized spacial score (nSPS) is 22.7. The van der Waals surface area contributed by atoms with E-state index in [-0.39, 0.29) is 17.7 Å². The fraction of sp³-hybridized carbons (Fsp3) is 0.389. The number of nitrogens with zero attached hydrogens (tertiary/aromatic N) is 1. The van der Waals surface area contributed by atoms with E-state index < -0.39 is 11.8 Å². The molecule has 0 aromatic heterocycles. The summed E-state index contributed by atoms with van der Waals surface area (Å²) in [5, 5.41) is 4.89.